The van der Waals surface area contributed by atoms with Gasteiger partial charge in [-0.2, -0.15) is 0 Å². The topological polar surface area (TPSA) is 87.0 Å². The van der Waals surface area contributed by atoms with Crippen LogP contribution in [0.25, 0.3) is 0 Å². The third kappa shape index (κ3) is 6.96. The Morgan fingerprint density at radius 3 is 2.13 bits per heavy atom. The quantitative estimate of drug-likeness (QED) is 0.363. The lowest BCUT2D eigenvalue weighted by Crippen LogP contribution is -2.04. The van der Waals surface area contributed by atoms with Crippen LogP contribution in [-0.2, 0) is 17.4 Å². The summed E-state index contributed by atoms with van der Waals surface area (Å²) in [6.07, 6.45) is 0.430. The van der Waals surface area contributed by atoms with Crippen LogP contribution in [0.5, 0.6) is 11.5 Å². The normalized spacial score (nSPS) is 11.5. The highest BCUT2D eigenvalue weighted by Crippen LogP contribution is 2.35. The van der Waals surface area contributed by atoms with Crippen LogP contribution in [0.15, 0.2) is 54.6 Å². The second-order valence-electron chi connectivity index (χ2n) is 7.05. The van der Waals surface area contributed by atoms with Crippen LogP contribution < -0.4 is 4.74 Å². The monoisotopic (exact) mass is 484 g/mol. The van der Waals surface area contributed by atoms with Gasteiger partial charge < -0.3 is 19.6 Å². The summed E-state index contributed by atoms with van der Waals surface area (Å²) < 4.78 is 29.4. The maximum Gasteiger partial charge on any atom is 0.328 e. The van der Waals surface area contributed by atoms with Gasteiger partial charge in [0.1, 0.15) is 17.3 Å². The Hall–Kier alpha value is -2.08. The molecule has 3 aromatic carbocycles. The van der Waals surface area contributed by atoms with Gasteiger partial charge >= 0.3 is 7.60 Å². The molecule has 31 heavy (non-hydrogen) atoms. The first-order chi connectivity index (χ1) is 14.6. The summed E-state index contributed by atoms with van der Waals surface area (Å²) in [6, 6.07) is 14.4. The molecule has 164 valence electrons. The average Bonchev–Trinajstić information content (AvgIpc) is 2.68. The number of phenolic OH excluding ortho intramolecular Hbond substituents is 1. The van der Waals surface area contributed by atoms with Gasteiger partial charge in [0.05, 0.1) is 12.8 Å². The summed E-state index contributed by atoms with van der Waals surface area (Å²) in [6.45, 7) is -0.166. The second kappa shape index (κ2) is 10.0. The molecule has 0 bridgehead atoms. The van der Waals surface area contributed by atoms with Crippen molar-refractivity contribution in [2.75, 3.05) is 12.8 Å². The fourth-order valence-corrected chi connectivity index (χ4v) is 3.96. The summed E-state index contributed by atoms with van der Waals surface area (Å²) >= 11 is 12.7. The van der Waals surface area contributed by atoms with Crippen molar-refractivity contribution in [2.24, 2.45) is 0 Å². The van der Waals surface area contributed by atoms with Crippen molar-refractivity contribution in [2.45, 2.75) is 12.8 Å². The van der Waals surface area contributed by atoms with Crippen LogP contribution in [-0.4, -0.2) is 27.7 Å². The van der Waals surface area contributed by atoms with Gasteiger partial charge in [-0.25, -0.2) is 4.39 Å². The number of halogens is 3. The molecule has 0 atom stereocenters. The Bertz CT molecular complexity index is 1090. The van der Waals surface area contributed by atoms with E-state index in [4.69, 9.17) is 37.7 Å². The first kappa shape index (κ1) is 23.6. The van der Waals surface area contributed by atoms with E-state index in [1.54, 1.807) is 36.4 Å². The molecule has 0 heterocycles. The Balaban J connectivity index is 1.76. The molecule has 0 saturated heterocycles. The standard InChI is InChI=1S/C22H20Cl2FO5P/c23-20-12-18(30-7-8-31(27,28)29)13-21(24)19(20)11-15-3-6-22(26)16(10-15)9-14-1-4-17(25)5-2-14/h1-6,10,12-13,26H,7-9,11H2,(H2,27,28,29). The summed E-state index contributed by atoms with van der Waals surface area (Å²) in [5, 5.41) is 10.9. The largest absolute Gasteiger partial charge is 0.508 e. The molecular weight excluding hydrogens is 465 g/mol. The number of ether oxygens (including phenoxy) is 1. The van der Waals surface area contributed by atoms with Gasteiger partial charge in [0.2, 0.25) is 0 Å². The van der Waals surface area contributed by atoms with Crippen molar-refractivity contribution < 1.29 is 28.6 Å². The third-order valence-corrected chi connectivity index (χ3v) is 6.04. The lowest BCUT2D eigenvalue weighted by molar-refractivity contribution is 0.316. The summed E-state index contributed by atoms with van der Waals surface area (Å²) in [5.41, 5.74) is 3.08. The summed E-state index contributed by atoms with van der Waals surface area (Å²) in [5.74, 6) is 0.133. The minimum atomic E-state index is -4.15. The first-order valence-corrected chi connectivity index (χ1v) is 11.9. The highest BCUT2D eigenvalue weighted by molar-refractivity contribution is 7.51. The second-order valence-corrected chi connectivity index (χ2v) is 9.64. The van der Waals surface area contributed by atoms with Crippen LogP contribution in [0.3, 0.4) is 0 Å². The van der Waals surface area contributed by atoms with E-state index in [2.05, 4.69) is 0 Å². The molecule has 0 fully saturated rings. The third-order valence-electron chi connectivity index (χ3n) is 4.60. The van der Waals surface area contributed by atoms with Gasteiger partial charge in [0.15, 0.2) is 0 Å². The van der Waals surface area contributed by atoms with E-state index in [0.717, 1.165) is 11.1 Å². The predicted molar refractivity (Wildman–Crippen MR) is 119 cm³/mol. The van der Waals surface area contributed by atoms with E-state index in [-0.39, 0.29) is 18.2 Å². The Kier molecular flexibility index (Phi) is 7.63. The van der Waals surface area contributed by atoms with E-state index in [0.29, 0.717) is 39.8 Å². The van der Waals surface area contributed by atoms with Crippen LogP contribution in [0.2, 0.25) is 10.0 Å². The van der Waals surface area contributed by atoms with Crippen molar-refractivity contribution in [1.82, 2.24) is 0 Å². The highest BCUT2D eigenvalue weighted by atomic mass is 35.5. The molecule has 0 radical (unpaired) electrons. The minimum absolute atomic E-state index is 0.138. The molecule has 3 N–H and O–H groups in total. The van der Waals surface area contributed by atoms with Crippen LogP contribution in [0.1, 0.15) is 22.3 Å². The van der Waals surface area contributed by atoms with E-state index in [1.807, 2.05) is 6.07 Å². The molecule has 0 unspecified atom stereocenters. The zero-order valence-corrected chi connectivity index (χ0v) is 18.7. The van der Waals surface area contributed by atoms with E-state index in [9.17, 15) is 14.1 Å². The van der Waals surface area contributed by atoms with Crippen molar-refractivity contribution in [3.63, 3.8) is 0 Å². The Morgan fingerprint density at radius 2 is 1.52 bits per heavy atom. The fraction of sp³-hybridized carbons (Fsp3) is 0.182. The molecule has 0 spiro atoms. The van der Waals surface area contributed by atoms with Gasteiger partial charge in [0, 0.05) is 22.9 Å². The molecule has 5 nitrogen and oxygen atoms in total. The summed E-state index contributed by atoms with van der Waals surface area (Å²) in [4.78, 5) is 17.8. The summed E-state index contributed by atoms with van der Waals surface area (Å²) in [7, 11) is -4.15. The predicted octanol–water partition coefficient (Wildman–Crippen LogP) is 5.58. The molecule has 3 aromatic rings. The first-order valence-electron chi connectivity index (χ1n) is 9.31. The molecular formula is C22H20Cl2FO5P. The fourth-order valence-electron chi connectivity index (χ4n) is 3.03. The lowest BCUT2D eigenvalue weighted by Gasteiger charge is -2.13. The smallest absolute Gasteiger partial charge is 0.328 e. The van der Waals surface area contributed by atoms with Crippen LogP contribution >= 0.6 is 30.8 Å². The number of aromatic hydroxyl groups is 1. The minimum Gasteiger partial charge on any atom is -0.508 e. The molecule has 3 rings (SSSR count). The SMILES string of the molecule is O=P(O)(O)CCOc1cc(Cl)c(Cc2ccc(O)c(Cc3ccc(F)cc3)c2)c(Cl)c1. The molecule has 0 aliphatic carbocycles. The highest BCUT2D eigenvalue weighted by Gasteiger charge is 2.15. The number of phenols is 1. The van der Waals surface area contributed by atoms with Crippen molar-refractivity contribution >= 4 is 30.8 Å². The Morgan fingerprint density at radius 1 is 0.903 bits per heavy atom. The molecule has 0 aliphatic heterocycles. The Labute approximate surface area is 189 Å². The number of benzene rings is 3. The van der Waals surface area contributed by atoms with E-state index < -0.39 is 13.8 Å². The van der Waals surface area contributed by atoms with Gasteiger partial charge in [-0.1, -0.05) is 47.5 Å². The van der Waals surface area contributed by atoms with Crippen LogP contribution in [0, 0.1) is 5.82 Å². The number of rotatable bonds is 8. The van der Waals surface area contributed by atoms with Crippen molar-refractivity contribution in [3.05, 3.63) is 92.7 Å². The molecule has 0 saturated carbocycles. The van der Waals surface area contributed by atoms with Gasteiger partial charge in [-0.15, -0.1) is 0 Å². The van der Waals surface area contributed by atoms with Crippen LogP contribution in [0.4, 0.5) is 4.39 Å². The van der Waals surface area contributed by atoms with Gasteiger partial charge in [-0.05, 0) is 52.6 Å². The zero-order chi connectivity index (χ0) is 22.6. The number of hydrogen-bond donors (Lipinski definition) is 3. The van der Waals surface area contributed by atoms with Gasteiger partial charge in [-0.3, -0.25) is 4.57 Å². The number of hydrogen-bond acceptors (Lipinski definition) is 3. The molecule has 9 heteroatoms. The zero-order valence-electron chi connectivity index (χ0n) is 16.3. The lowest BCUT2D eigenvalue weighted by atomic mass is 9.98. The van der Waals surface area contributed by atoms with Gasteiger partial charge in [0.25, 0.3) is 0 Å². The molecule has 0 aromatic heterocycles. The average molecular weight is 485 g/mol. The van der Waals surface area contributed by atoms with Crippen molar-refractivity contribution in [3.8, 4) is 11.5 Å². The maximum absolute atomic E-state index is 13.1. The van der Waals surface area contributed by atoms with E-state index in [1.165, 1.54) is 12.1 Å². The maximum atomic E-state index is 13.1. The van der Waals surface area contributed by atoms with E-state index >= 15 is 0 Å². The molecule has 0 amide bonds. The van der Waals surface area contributed by atoms with Crippen molar-refractivity contribution in [1.29, 1.82) is 0 Å². The molecule has 0 aliphatic rings.